The first-order valence-corrected chi connectivity index (χ1v) is 15.5. The van der Waals surface area contributed by atoms with Crippen molar-refractivity contribution in [1.29, 1.82) is 0 Å². The molecule has 1 atom stereocenters. The Morgan fingerprint density at radius 2 is 1.52 bits per heavy atom. The van der Waals surface area contributed by atoms with Crippen molar-refractivity contribution >= 4 is 34.5 Å². The zero-order chi connectivity index (χ0) is 31.3. The summed E-state index contributed by atoms with van der Waals surface area (Å²) in [4.78, 5) is 34.4. The van der Waals surface area contributed by atoms with Gasteiger partial charge in [0.25, 0.3) is 5.91 Å². The normalized spacial score (nSPS) is 12.1. The minimum absolute atomic E-state index is 0.0493. The minimum atomic E-state index is -1.15. The first-order chi connectivity index (χ1) is 21.1. The number of thioether (sulfide) groups is 1. The molecule has 44 heavy (non-hydrogen) atoms. The number of amides is 1. The molecule has 0 bridgehead atoms. The summed E-state index contributed by atoms with van der Waals surface area (Å²) in [5.41, 5.74) is 4.73. The van der Waals surface area contributed by atoms with Gasteiger partial charge in [0.2, 0.25) is 5.82 Å². The van der Waals surface area contributed by atoms with Gasteiger partial charge in [-0.1, -0.05) is 94.4 Å². The van der Waals surface area contributed by atoms with Crippen molar-refractivity contribution < 1.29 is 19.4 Å². The van der Waals surface area contributed by atoms with E-state index in [1.807, 2.05) is 79.7 Å². The predicted octanol–water partition coefficient (Wildman–Crippen LogP) is 7.92. The van der Waals surface area contributed by atoms with Gasteiger partial charge >= 0.3 is 5.97 Å². The van der Waals surface area contributed by atoms with E-state index >= 15 is 0 Å². The number of hydrogen-bond donors (Lipinski definition) is 2. The van der Waals surface area contributed by atoms with Gasteiger partial charge < -0.3 is 15.2 Å². The van der Waals surface area contributed by atoms with Gasteiger partial charge in [0.1, 0.15) is 22.6 Å². The van der Waals surface area contributed by atoms with E-state index in [0.717, 1.165) is 27.8 Å². The van der Waals surface area contributed by atoms with Gasteiger partial charge in [-0.2, -0.15) is 0 Å². The Bertz CT molecular complexity index is 1770. The largest absolute Gasteiger partial charge is 0.480 e. The van der Waals surface area contributed by atoms with Gasteiger partial charge in [-0.3, -0.25) is 4.79 Å². The molecule has 4 aromatic carbocycles. The van der Waals surface area contributed by atoms with Crippen LogP contribution < -0.4 is 10.1 Å². The second kappa shape index (κ2) is 13.3. The number of nitrogens with one attached hydrogen (secondary N) is 1. The lowest BCUT2D eigenvalue weighted by atomic mass is 9.87. The van der Waals surface area contributed by atoms with Crippen molar-refractivity contribution in [2.45, 2.75) is 50.6 Å². The van der Waals surface area contributed by atoms with E-state index in [2.05, 4.69) is 48.2 Å². The molecule has 1 aromatic heterocycles. The lowest BCUT2D eigenvalue weighted by Gasteiger charge is -2.19. The summed E-state index contributed by atoms with van der Waals surface area (Å²) >= 11 is 1.48. The number of hydrogen-bond acceptors (Lipinski definition) is 6. The van der Waals surface area contributed by atoms with Crippen LogP contribution in [0.5, 0.6) is 11.5 Å². The molecule has 5 rings (SSSR count). The first-order valence-electron chi connectivity index (χ1n) is 14.5. The molecule has 224 valence electrons. The monoisotopic (exact) mass is 605 g/mol. The van der Waals surface area contributed by atoms with E-state index < -0.39 is 17.9 Å². The third-order valence-electron chi connectivity index (χ3n) is 7.18. The number of carbonyl (C=O) groups is 2. The van der Waals surface area contributed by atoms with Crippen molar-refractivity contribution in [3.63, 3.8) is 0 Å². The average molecular weight is 606 g/mol. The van der Waals surface area contributed by atoms with Crippen LogP contribution in [-0.4, -0.2) is 38.7 Å². The summed E-state index contributed by atoms with van der Waals surface area (Å²) in [6.45, 7) is 8.50. The SMILES string of the molecule is CCSc1nc(C(=O)N[C@@H](Cc2ccc(-c3ccccc3)cc2)C(=O)O)nc2ccc(Oc3ccc(C(C)(C)C)cc3)cc12. The van der Waals surface area contributed by atoms with E-state index in [0.29, 0.717) is 22.0 Å². The lowest BCUT2D eigenvalue weighted by Crippen LogP contribution is -2.43. The quantitative estimate of drug-likeness (QED) is 0.123. The fourth-order valence-corrected chi connectivity index (χ4v) is 5.52. The highest BCUT2D eigenvalue weighted by molar-refractivity contribution is 7.99. The molecule has 1 amide bonds. The third-order valence-corrected chi connectivity index (χ3v) is 8.05. The van der Waals surface area contributed by atoms with E-state index in [1.165, 1.54) is 17.3 Å². The molecule has 5 aromatic rings. The highest BCUT2D eigenvalue weighted by Crippen LogP contribution is 2.32. The fraction of sp³-hybridized carbons (Fsp3) is 0.222. The first kappa shape index (κ1) is 30.8. The Labute approximate surface area is 261 Å². The van der Waals surface area contributed by atoms with Gasteiger partial charge in [0.05, 0.1) is 5.52 Å². The van der Waals surface area contributed by atoms with Crippen LogP contribution in [0.2, 0.25) is 0 Å². The number of rotatable bonds is 10. The smallest absolute Gasteiger partial charge is 0.326 e. The van der Waals surface area contributed by atoms with E-state index in [1.54, 1.807) is 12.1 Å². The molecule has 0 spiro atoms. The summed E-state index contributed by atoms with van der Waals surface area (Å²) in [6, 6.07) is 29.9. The van der Waals surface area contributed by atoms with Gasteiger partial charge in [-0.15, -0.1) is 11.8 Å². The fourth-order valence-electron chi connectivity index (χ4n) is 4.77. The van der Waals surface area contributed by atoms with Gasteiger partial charge in [-0.25, -0.2) is 14.8 Å². The molecule has 0 aliphatic heterocycles. The Morgan fingerprint density at radius 1 is 0.864 bits per heavy atom. The van der Waals surface area contributed by atoms with Crippen molar-refractivity contribution in [2.24, 2.45) is 0 Å². The standard InChI is InChI=1S/C36H35N3O4S/c1-5-44-34-29-22-28(43-27-17-15-26(16-18-27)36(2,3)4)19-20-30(29)37-32(39-34)33(40)38-31(35(41)42)21-23-11-13-25(14-12-23)24-9-7-6-8-10-24/h6-20,22,31H,5,21H2,1-4H3,(H,38,40)(H,41,42)/t31-/m0/s1. The number of carboxylic acid groups (broad SMARTS) is 1. The van der Waals surface area contributed by atoms with Crippen LogP contribution in [0.4, 0.5) is 0 Å². The zero-order valence-corrected chi connectivity index (χ0v) is 26.0. The molecule has 0 radical (unpaired) electrons. The van der Waals surface area contributed by atoms with E-state index in [9.17, 15) is 14.7 Å². The van der Waals surface area contributed by atoms with Crippen LogP contribution >= 0.6 is 11.8 Å². The molecule has 8 heteroatoms. The zero-order valence-electron chi connectivity index (χ0n) is 25.2. The van der Waals surface area contributed by atoms with Crippen LogP contribution in [-0.2, 0) is 16.6 Å². The highest BCUT2D eigenvalue weighted by atomic mass is 32.2. The van der Waals surface area contributed by atoms with Crippen molar-refractivity contribution in [1.82, 2.24) is 15.3 Å². The Morgan fingerprint density at radius 3 is 2.16 bits per heavy atom. The lowest BCUT2D eigenvalue weighted by molar-refractivity contribution is -0.139. The minimum Gasteiger partial charge on any atom is -0.480 e. The summed E-state index contributed by atoms with van der Waals surface area (Å²) in [5, 5.41) is 13.9. The summed E-state index contributed by atoms with van der Waals surface area (Å²) in [5.74, 6) is 0.218. The number of nitrogens with zero attached hydrogens (tertiary/aromatic N) is 2. The Hall–Kier alpha value is -4.69. The second-order valence-corrected chi connectivity index (χ2v) is 12.7. The highest BCUT2D eigenvalue weighted by Gasteiger charge is 2.24. The van der Waals surface area contributed by atoms with E-state index in [-0.39, 0.29) is 17.7 Å². The van der Waals surface area contributed by atoms with E-state index in [4.69, 9.17) is 4.74 Å². The molecule has 0 fully saturated rings. The second-order valence-electron chi connectivity index (χ2n) is 11.5. The predicted molar refractivity (Wildman–Crippen MR) is 176 cm³/mol. The maximum Gasteiger partial charge on any atom is 0.326 e. The molecule has 0 aliphatic carbocycles. The Kier molecular flexibility index (Phi) is 9.30. The molecular weight excluding hydrogens is 570 g/mol. The van der Waals surface area contributed by atoms with Gasteiger partial charge in [0, 0.05) is 11.8 Å². The number of aromatic nitrogens is 2. The number of carboxylic acids is 1. The van der Waals surface area contributed by atoms with Crippen LogP contribution in [0.25, 0.3) is 22.0 Å². The van der Waals surface area contributed by atoms with Crippen LogP contribution in [0.1, 0.15) is 49.4 Å². The van der Waals surface area contributed by atoms with Crippen molar-refractivity contribution in [3.05, 3.63) is 114 Å². The maximum atomic E-state index is 13.3. The van der Waals surface area contributed by atoms with Crippen molar-refractivity contribution in [3.8, 4) is 22.6 Å². The number of benzene rings is 4. The molecule has 0 aliphatic rings. The van der Waals surface area contributed by atoms with Crippen LogP contribution in [0.3, 0.4) is 0 Å². The van der Waals surface area contributed by atoms with Gasteiger partial charge in [-0.05, 0) is 63.8 Å². The third kappa shape index (κ3) is 7.44. The summed E-state index contributed by atoms with van der Waals surface area (Å²) in [6.07, 6.45) is 0.123. The van der Waals surface area contributed by atoms with Crippen LogP contribution in [0.15, 0.2) is 102 Å². The maximum absolute atomic E-state index is 13.3. The number of fused-ring (bicyclic) bond motifs is 1. The average Bonchev–Trinajstić information content (AvgIpc) is 3.01. The molecule has 0 saturated heterocycles. The summed E-state index contributed by atoms with van der Waals surface area (Å²) < 4.78 is 6.12. The number of aliphatic carboxylic acids is 1. The molecule has 7 nitrogen and oxygen atoms in total. The molecule has 1 heterocycles. The molecule has 2 N–H and O–H groups in total. The molecule has 0 unspecified atom stereocenters. The van der Waals surface area contributed by atoms with Crippen molar-refractivity contribution in [2.75, 3.05) is 5.75 Å². The topological polar surface area (TPSA) is 101 Å². The number of ether oxygens (including phenoxy) is 1. The Balaban J connectivity index is 1.33. The van der Waals surface area contributed by atoms with Gasteiger partial charge in [0.15, 0.2) is 0 Å². The van der Waals surface area contributed by atoms with Crippen LogP contribution in [0, 0.1) is 0 Å². The summed E-state index contributed by atoms with van der Waals surface area (Å²) in [7, 11) is 0. The molecule has 0 saturated carbocycles. The number of carbonyl (C=O) groups excluding carboxylic acids is 1. The molecular formula is C36H35N3O4S.